The third-order valence-electron chi connectivity index (χ3n) is 3.80. The number of morpholine rings is 1. The summed E-state index contributed by atoms with van der Waals surface area (Å²) in [5, 5.41) is 3.19. The van der Waals surface area contributed by atoms with Crippen LogP contribution in [0.1, 0.15) is 22.5 Å². The van der Waals surface area contributed by atoms with Crippen LogP contribution in [0.2, 0.25) is 0 Å². The zero-order chi connectivity index (χ0) is 15.5. The van der Waals surface area contributed by atoms with Gasteiger partial charge in [-0.15, -0.1) is 11.3 Å². The van der Waals surface area contributed by atoms with Gasteiger partial charge in [0.05, 0.1) is 18.8 Å². The highest BCUT2D eigenvalue weighted by molar-refractivity contribution is 7.09. The van der Waals surface area contributed by atoms with E-state index in [1.165, 1.54) is 5.69 Å². The Morgan fingerprint density at radius 1 is 1.41 bits per heavy atom. The summed E-state index contributed by atoms with van der Waals surface area (Å²) >= 11 is 1.71. The molecule has 2 aromatic heterocycles. The fraction of sp³-hybridized carbons (Fsp3) is 0.500. The fourth-order valence-corrected chi connectivity index (χ4v) is 3.30. The lowest BCUT2D eigenvalue weighted by molar-refractivity contribution is -0.0350. The van der Waals surface area contributed by atoms with Crippen LogP contribution in [0.3, 0.4) is 0 Å². The molecule has 1 aliphatic heterocycles. The van der Waals surface area contributed by atoms with Crippen LogP contribution in [0.5, 0.6) is 0 Å². The van der Waals surface area contributed by atoms with Gasteiger partial charge < -0.3 is 9.64 Å². The molecule has 22 heavy (non-hydrogen) atoms. The first kappa shape index (κ1) is 15.4. The number of hydrogen-bond acceptors (Lipinski definition) is 6. The molecule has 3 rings (SSSR count). The van der Waals surface area contributed by atoms with Crippen LogP contribution >= 0.6 is 11.3 Å². The number of aromatic nitrogens is 2. The van der Waals surface area contributed by atoms with Crippen molar-refractivity contribution in [1.29, 1.82) is 0 Å². The van der Waals surface area contributed by atoms with E-state index in [0.29, 0.717) is 0 Å². The largest absolute Gasteiger partial charge is 0.378 e. The zero-order valence-corrected chi connectivity index (χ0v) is 14.1. The number of thiazole rings is 1. The van der Waals surface area contributed by atoms with E-state index in [1.807, 2.05) is 18.5 Å². The van der Waals surface area contributed by atoms with Crippen molar-refractivity contribution in [3.05, 3.63) is 40.1 Å². The van der Waals surface area contributed by atoms with Crippen LogP contribution in [0, 0.1) is 6.92 Å². The summed E-state index contributed by atoms with van der Waals surface area (Å²) in [5.74, 6) is 0. The average Bonchev–Trinajstić information content (AvgIpc) is 3.00. The second-order valence-electron chi connectivity index (χ2n) is 5.81. The van der Waals surface area contributed by atoms with Gasteiger partial charge in [-0.1, -0.05) is 0 Å². The maximum Gasteiger partial charge on any atom is 0.112 e. The van der Waals surface area contributed by atoms with Crippen molar-refractivity contribution in [2.75, 3.05) is 38.7 Å². The van der Waals surface area contributed by atoms with Crippen LogP contribution in [-0.4, -0.2) is 48.7 Å². The maximum atomic E-state index is 5.96. The minimum Gasteiger partial charge on any atom is -0.378 e. The first-order valence-corrected chi connectivity index (χ1v) is 8.38. The zero-order valence-electron chi connectivity index (χ0n) is 13.3. The van der Waals surface area contributed by atoms with Crippen LogP contribution < -0.4 is 4.90 Å². The van der Waals surface area contributed by atoms with Gasteiger partial charge in [-0.05, 0) is 19.1 Å². The highest BCUT2D eigenvalue weighted by atomic mass is 32.1. The first-order valence-electron chi connectivity index (χ1n) is 7.50. The first-order chi connectivity index (χ1) is 10.6. The number of hydrogen-bond donors (Lipinski definition) is 0. The topological polar surface area (TPSA) is 41.5 Å². The summed E-state index contributed by atoms with van der Waals surface area (Å²) in [6.45, 7) is 5.48. The molecule has 1 saturated heterocycles. The van der Waals surface area contributed by atoms with Gasteiger partial charge >= 0.3 is 0 Å². The molecule has 0 bridgehead atoms. The Hall–Kier alpha value is -1.50. The van der Waals surface area contributed by atoms with Crippen molar-refractivity contribution in [2.45, 2.75) is 19.6 Å². The Balaban J connectivity index is 1.74. The third kappa shape index (κ3) is 3.63. The maximum absolute atomic E-state index is 5.96. The van der Waals surface area contributed by atoms with E-state index in [9.17, 15) is 0 Å². The van der Waals surface area contributed by atoms with E-state index >= 15 is 0 Å². The normalized spacial score (nSPS) is 19.3. The number of nitrogens with zero attached hydrogens (tertiary/aromatic N) is 4. The Bertz CT molecular complexity index is 615. The van der Waals surface area contributed by atoms with E-state index < -0.39 is 0 Å². The molecule has 0 saturated carbocycles. The predicted octanol–water partition coefficient (Wildman–Crippen LogP) is 2.49. The van der Waals surface area contributed by atoms with Crippen molar-refractivity contribution < 1.29 is 4.74 Å². The van der Waals surface area contributed by atoms with Crippen LogP contribution in [0.4, 0.5) is 5.69 Å². The highest BCUT2D eigenvalue weighted by Crippen LogP contribution is 2.25. The Labute approximate surface area is 135 Å². The van der Waals surface area contributed by atoms with E-state index in [2.05, 4.69) is 46.0 Å². The van der Waals surface area contributed by atoms with Crippen molar-refractivity contribution in [3.63, 3.8) is 0 Å². The average molecular weight is 318 g/mol. The van der Waals surface area contributed by atoms with E-state index in [-0.39, 0.29) is 6.10 Å². The van der Waals surface area contributed by atoms with Gasteiger partial charge in [0.2, 0.25) is 0 Å². The predicted molar refractivity (Wildman–Crippen MR) is 89.4 cm³/mol. The molecule has 3 heterocycles. The van der Waals surface area contributed by atoms with Gasteiger partial charge in [0.15, 0.2) is 0 Å². The Morgan fingerprint density at radius 3 is 3.00 bits per heavy atom. The molecule has 0 N–H and O–H groups in total. The smallest absolute Gasteiger partial charge is 0.112 e. The van der Waals surface area contributed by atoms with Crippen LogP contribution in [0.25, 0.3) is 0 Å². The summed E-state index contributed by atoms with van der Waals surface area (Å²) < 4.78 is 5.96. The number of rotatable bonds is 4. The van der Waals surface area contributed by atoms with Crippen molar-refractivity contribution in [1.82, 2.24) is 14.9 Å². The van der Waals surface area contributed by atoms with Crippen molar-refractivity contribution in [3.8, 4) is 0 Å². The summed E-state index contributed by atoms with van der Waals surface area (Å²) in [7, 11) is 4.10. The third-order valence-corrected chi connectivity index (χ3v) is 4.56. The molecule has 0 amide bonds. The molecule has 1 aliphatic rings. The van der Waals surface area contributed by atoms with Crippen LogP contribution in [-0.2, 0) is 11.3 Å². The van der Waals surface area contributed by atoms with Gasteiger partial charge in [-0.2, -0.15) is 0 Å². The molecule has 6 heteroatoms. The standard InChI is InChI=1S/C16H22N4OS/c1-12-8-13(19(2)3)9-14(18-12)15-10-20(5-6-21-15)11-16-17-4-7-22-16/h4,7-9,15H,5-6,10-11H2,1-3H3. The number of pyridine rings is 1. The molecule has 1 unspecified atom stereocenters. The van der Waals surface area contributed by atoms with Gasteiger partial charge in [-0.3, -0.25) is 9.88 Å². The fourth-order valence-electron chi connectivity index (χ4n) is 2.65. The molecule has 2 aromatic rings. The molecular formula is C16H22N4OS. The lowest BCUT2D eigenvalue weighted by Crippen LogP contribution is -2.38. The van der Waals surface area contributed by atoms with E-state index in [1.54, 1.807) is 11.3 Å². The molecule has 1 atom stereocenters. The van der Waals surface area contributed by atoms with Crippen molar-refractivity contribution in [2.24, 2.45) is 0 Å². The minimum absolute atomic E-state index is 0.0345. The Morgan fingerprint density at radius 2 is 2.27 bits per heavy atom. The molecular weight excluding hydrogens is 296 g/mol. The molecule has 5 nitrogen and oxygen atoms in total. The Kier molecular flexibility index (Phi) is 4.71. The molecule has 0 spiro atoms. The summed E-state index contributed by atoms with van der Waals surface area (Å²) in [6, 6.07) is 4.23. The van der Waals surface area contributed by atoms with Crippen molar-refractivity contribution >= 4 is 17.0 Å². The summed E-state index contributed by atoms with van der Waals surface area (Å²) in [5.41, 5.74) is 3.22. The molecule has 118 valence electrons. The lowest BCUT2D eigenvalue weighted by Gasteiger charge is -2.32. The molecule has 0 aliphatic carbocycles. The summed E-state index contributed by atoms with van der Waals surface area (Å²) in [4.78, 5) is 13.6. The van der Waals surface area contributed by atoms with Gasteiger partial charge in [-0.25, -0.2) is 4.98 Å². The quantitative estimate of drug-likeness (QED) is 0.866. The monoisotopic (exact) mass is 318 g/mol. The molecule has 1 fully saturated rings. The molecule has 0 aromatic carbocycles. The van der Waals surface area contributed by atoms with Gasteiger partial charge in [0.1, 0.15) is 11.1 Å². The lowest BCUT2D eigenvalue weighted by atomic mass is 10.1. The number of aryl methyl sites for hydroxylation is 1. The minimum atomic E-state index is 0.0345. The van der Waals surface area contributed by atoms with Crippen LogP contribution in [0.15, 0.2) is 23.7 Å². The van der Waals surface area contributed by atoms with Gasteiger partial charge in [0, 0.05) is 50.1 Å². The highest BCUT2D eigenvalue weighted by Gasteiger charge is 2.24. The SMILES string of the molecule is Cc1cc(N(C)C)cc(C2CN(Cc3nccs3)CCO2)n1. The van der Waals surface area contributed by atoms with E-state index in [0.717, 1.165) is 42.6 Å². The molecule has 0 radical (unpaired) electrons. The number of ether oxygens (including phenoxy) is 1. The van der Waals surface area contributed by atoms with E-state index in [4.69, 9.17) is 4.74 Å². The second kappa shape index (κ2) is 6.73. The second-order valence-corrected chi connectivity index (χ2v) is 6.79. The number of anilines is 1. The summed E-state index contributed by atoms with van der Waals surface area (Å²) in [6.07, 6.45) is 1.90. The van der Waals surface area contributed by atoms with Gasteiger partial charge in [0.25, 0.3) is 0 Å².